The quantitative estimate of drug-likeness (QED) is 0.719. The van der Waals surface area contributed by atoms with E-state index in [4.69, 9.17) is 4.74 Å². The number of ether oxygens (including phenoxy) is 1. The molecule has 0 N–H and O–H groups in total. The first-order valence-electron chi connectivity index (χ1n) is 5.19. The minimum atomic E-state index is -4.94. The maximum absolute atomic E-state index is 12.8. The molecular formula is C10H14FNO5S2. The second-order valence-corrected chi connectivity index (χ2v) is 7.12. The average Bonchev–Trinajstić information content (AvgIpc) is 2.35. The Hall–Kier alpha value is -1.03. The molecule has 0 aliphatic carbocycles. The molecule has 108 valence electrons. The van der Waals surface area contributed by atoms with Gasteiger partial charge in [0.15, 0.2) is 0 Å². The van der Waals surface area contributed by atoms with Gasteiger partial charge in [0.2, 0.25) is 10.0 Å². The van der Waals surface area contributed by atoms with Crippen molar-refractivity contribution in [2.24, 2.45) is 0 Å². The highest BCUT2D eigenvalue weighted by Gasteiger charge is 2.22. The summed E-state index contributed by atoms with van der Waals surface area (Å²) in [5.74, 6) is 0. The molecule has 0 unspecified atom stereocenters. The smallest absolute Gasteiger partial charge is 0.332 e. The molecule has 0 aliphatic rings. The SMILES string of the molecule is COCCN(C)S(=O)(=O)c1cccc(S(=O)(=O)F)c1. The third-order valence-electron chi connectivity index (χ3n) is 2.41. The second-order valence-electron chi connectivity index (χ2n) is 3.73. The molecule has 0 bridgehead atoms. The lowest BCUT2D eigenvalue weighted by Crippen LogP contribution is -2.30. The third kappa shape index (κ3) is 3.96. The van der Waals surface area contributed by atoms with Crippen LogP contribution in [0.25, 0.3) is 0 Å². The molecule has 0 radical (unpaired) electrons. The topological polar surface area (TPSA) is 80.8 Å². The van der Waals surface area contributed by atoms with Crippen LogP contribution in [-0.2, 0) is 25.0 Å². The van der Waals surface area contributed by atoms with E-state index in [9.17, 15) is 20.7 Å². The summed E-state index contributed by atoms with van der Waals surface area (Å²) >= 11 is 0. The van der Waals surface area contributed by atoms with E-state index >= 15 is 0 Å². The highest BCUT2D eigenvalue weighted by molar-refractivity contribution is 7.89. The number of benzene rings is 1. The van der Waals surface area contributed by atoms with Crippen LogP contribution >= 0.6 is 0 Å². The van der Waals surface area contributed by atoms with Crippen LogP contribution in [0.15, 0.2) is 34.1 Å². The molecule has 0 saturated heterocycles. The molecule has 0 aliphatic heterocycles. The van der Waals surface area contributed by atoms with Crippen LogP contribution in [0.5, 0.6) is 0 Å². The standard InChI is InChI=1S/C10H14FNO5S2/c1-12(6-7-17-2)19(15,16)10-5-3-4-9(8-10)18(11,13)14/h3-5,8H,6-7H2,1-2H3. The number of nitrogens with zero attached hydrogens (tertiary/aromatic N) is 1. The average molecular weight is 311 g/mol. The van der Waals surface area contributed by atoms with Gasteiger partial charge in [0.1, 0.15) is 0 Å². The van der Waals surface area contributed by atoms with E-state index in [1.54, 1.807) is 0 Å². The molecule has 1 aromatic carbocycles. The highest BCUT2D eigenvalue weighted by Crippen LogP contribution is 2.19. The molecule has 9 heteroatoms. The summed E-state index contributed by atoms with van der Waals surface area (Å²) < 4.78 is 64.3. The molecule has 0 saturated carbocycles. The van der Waals surface area contributed by atoms with Gasteiger partial charge in [0.05, 0.1) is 16.4 Å². The number of hydrogen-bond donors (Lipinski definition) is 0. The molecule has 0 heterocycles. The van der Waals surface area contributed by atoms with Gasteiger partial charge in [-0.25, -0.2) is 8.42 Å². The van der Waals surface area contributed by atoms with Crippen LogP contribution in [0.3, 0.4) is 0 Å². The number of halogens is 1. The first-order valence-corrected chi connectivity index (χ1v) is 8.02. The Morgan fingerprint density at radius 1 is 1.21 bits per heavy atom. The van der Waals surface area contributed by atoms with Crippen LogP contribution in [0.1, 0.15) is 0 Å². The van der Waals surface area contributed by atoms with E-state index in [2.05, 4.69) is 0 Å². The van der Waals surface area contributed by atoms with Gasteiger partial charge in [0.25, 0.3) is 0 Å². The molecule has 6 nitrogen and oxygen atoms in total. The van der Waals surface area contributed by atoms with Gasteiger partial charge in [-0.1, -0.05) is 6.07 Å². The Morgan fingerprint density at radius 2 is 1.79 bits per heavy atom. The van der Waals surface area contributed by atoms with E-state index in [-0.39, 0.29) is 18.0 Å². The van der Waals surface area contributed by atoms with E-state index in [1.807, 2.05) is 0 Å². The van der Waals surface area contributed by atoms with E-state index < -0.39 is 25.1 Å². The molecule has 1 aromatic rings. The zero-order valence-electron chi connectivity index (χ0n) is 10.4. The van der Waals surface area contributed by atoms with Crippen LogP contribution in [0.2, 0.25) is 0 Å². The monoisotopic (exact) mass is 311 g/mol. The van der Waals surface area contributed by atoms with Gasteiger partial charge in [-0.05, 0) is 18.2 Å². The molecule has 0 fully saturated rings. The van der Waals surface area contributed by atoms with Crippen LogP contribution in [-0.4, -0.2) is 48.4 Å². The van der Waals surface area contributed by atoms with Crippen molar-refractivity contribution < 1.29 is 25.5 Å². The number of rotatable bonds is 6. The van der Waals surface area contributed by atoms with Gasteiger partial charge >= 0.3 is 10.2 Å². The zero-order chi connectivity index (χ0) is 14.7. The lowest BCUT2D eigenvalue weighted by Gasteiger charge is -2.16. The molecule has 1 rings (SSSR count). The largest absolute Gasteiger partial charge is 0.383 e. The molecule has 19 heavy (non-hydrogen) atoms. The predicted octanol–water partition coefficient (Wildman–Crippen LogP) is 0.612. The molecule has 0 amide bonds. The summed E-state index contributed by atoms with van der Waals surface area (Å²) in [7, 11) is -6.06. The minimum absolute atomic E-state index is 0.103. The van der Waals surface area contributed by atoms with E-state index in [0.717, 1.165) is 16.4 Å². The Labute approximate surface area is 112 Å². The fourth-order valence-electron chi connectivity index (χ4n) is 1.31. The summed E-state index contributed by atoms with van der Waals surface area (Å²) in [6.45, 7) is 0.294. The van der Waals surface area contributed by atoms with Crippen molar-refractivity contribution in [2.45, 2.75) is 9.79 Å². The van der Waals surface area contributed by atoms with Crippen LogP contribution < -0.4 is 0 Å². The van der Waals surface area contributed by atoms with Crippen molar-refractivity contribution >= 4 is 20.2 Å². The minimum Gasteiger partial charge on any atom is -0.383 e. The lowest BCUT2D eigenvalue weighted by atomic mass is 10.4. The number of sulfonamides is 1. The fraction of sp³-hybridized carbons (Fsp3) is 0.400. The van der Waals surface area contributed by atoms with Crippen molar-refractivity contribution in [3.05, 3.63) is 24.3 Å². The molecule has 0 aromatic heterocycles. The molecule has 0 spiro atoms. The maximum Gasteiger partial charge on any atom is 0.332 e. The van der Waals surface area contributed by atoms with Crippen molar-refractivity contribution in [2.75, 3.05) is 27.3 Å². The van der Waals surface area contributed by atoms with Gasteiger partial charge in [-0.2, -0.15) is 12.7 Å². The van der Waals surface area contributed by atoms with Crippen molar-refractivity contribution in [3.8, 4) is 0 Å². The lowest BCUT2D eigenvalue weighted by molar-refractivity contribution is 0.185. The van der Waals surface area contributed by atoms with Crippen molar-refractivity contribution in [1.29, 1.82) is 0 Å². The first-order chi connectivity index (χ1) is 8.69. The summed E-state index contributed by atoms with van der Waals surface area (Å²) in [6.07, 6.45) is 0. The number of methoxy groups -OCH3 is 1. The van der Waals surface area contributed by atoms with Gasteiger partial charge in [-0.15, -0.1) is 3.89 Å². The summed E-state index contributed by atoms with van der Waals surface area (Å²) in [4.78, 5) is -0.974. The van der Waals surface area contributed by atoms with Crippen LogP contribution in [0, 0.1) is 0 Å². The van der Waals surface area contributed by atoms with Crippen LogP contribution in [0.4, 0.5) is 3.89 Å². The fourth-order valence-corrected chi connectivity index (χ4v) is 3.09. The maximum atomic E-state index is 12.8. The Kier molecular flexibility index (Phi) is 5.02. The summed E-state index contributed by atoms with van der Waals surface area (Å²) in [6, 6.07) is 4.15. The van der Waals surface area contributed by atoms with Crippen molar-refractivity contribution in [1.82, 2.24) is 4.31 Å². The van der Waals surface area contributed by atoms with Gasteiger partial charge < -0.3 is 4.74 Å². The molecule has 0 atom stereocenters. The van der Waals surface area contributed by atoms with Crippen molar-refractivity contribution in [3.63, 3.8) is 0 Å². The summed E-state index contributed by atoms with van der Waals surface area (Å²) in [5, 5.41) is 0. The Morgan fingerprint density at radius 3 is 2.32 bits per heavy atom. The van der Waals surface area contributed by atoms with Gasteiger partial charge in [0, 0.05) is 20.7 Å². The van der Waals surface area contributed by atoms with Gasteiger partial charge in [-0.3, -0.25) is 0 Å². The Balaban J connectivity index is 3.16. The Bertz CT molecular complexity index is 642. The predicted molar refractivity (Wildman–Crippen MR) is 66.4 cm³/mol. The highest BCUT2D eigenvalue weighted by atomic mass is 32.3. The first kappa shape index (κ1) is 16.0. The number of likely N-dealkylation sites (N-methyl/N-ethyl adjacent to an activating group) is 1. The second kappa shape index (κ2) is 5.95. The summed E-state index contributed by atoms with van der Waals surface area (Å²) in [5.41, 5.74) is 0. The zero-order valence-corrected chi connectivity index (χ0v) is 12.0. The number of hydrogen-bond acceptors (Lipinski definition) is 5. The van der Waals surface area contributed by atoms with E-state index in [1.165, 1.54) is 26.3 Å². The van der Waals surface area contributed by atoms with E-state index in [0.29, 0.717) is 0 Å². The normalized spacial score (nSPS) is 12.8. The third-order valence-corrected chi connectivity index (χ3v) is 5.08. The molecular weight excluding hydrogens is 297 g/mol.